The van der Waals surface area contributed by atoms with Gasteiger partial charge in [0.1, 0.15) is 0 Å². The first-order chi connectivity index (χ1) is 9.28. The molecule has 1 aliphatic rings. The molecule has 0 aromatic carbocycles. The molecule has 0 radical (unpaired) electrons. The van der Waals surface area contributed by atoms with Gasteiger partial charge >= 0.3 is 0 Å². The van der Waals surface area contributed by atoms with Crippen molar-refractivity contribution in [1.29, 1.82) is 0 Å². The molecule has 19 heavy (non-hydrogen) atoms. The van der Waals surface area contributed by atoms with E-state index in [0.29, 0.717) is 18.8 Å². The Hall–Kier alpha value is -1.46. The van der Waals surface area contributed by atoms with E-state index in [9.17, 15) is 4.79 Å². The highest BCUT2D eigenvalue weighted by Gasteiger charge is 2.31. The summed E-state index contributed by atoms with van der Waals surface area (Å²) in [5, 5.41) is 2.72. The molecule has 3 heterocycles. The van der Waals surface area contributed by atoms with Crippen LogP contribution >= 0.6 is 22.9 Å². The molecule has 0 N–H and O–H groups in total. The zero-order valence-corrected chi connectivity index (χ0v) is 11.7. The van der Waals surface area contributed by atoms with Crippen molar-refractivity contribution in [2.75, 3.05) is 17.3 Å². The Morgan fingerprint density at radius 1 is 1.42 bits per heavy atom. The summed E-state index contributed by atoms with van der Waals surface area (Å²) in [5.41, 5.74) is 1.89. The minimum atomic E-state index is 0.112. The molecule has 1 unspecified atom stereocenters. The van der Waals surface area contributed by atoms with E-state index < -0.39 is 0 Å². The van der Waals surface area contributed by atoms with Crippen molar-refractivity contribution in [3.05, 3.63) is 29.9 Å². The van der Waals surface area contributed by atoms with Crippen LogP contribution in [0.25, 0.3) is 11.3 Å². The Kier molecular flexibility index (Phi) is 3.48. The van der Waals surface area contributed by atoms with Crippen LogP contribution in [0.5, 0.6) is 0 Å². The molecule has 1 aliphatic heterocycles. The average molecular weight is 294 g/mol. The molecule has 1 fully saturated rings. The monoisotopic (exact) mass is 293 g/mol. The first kappa shape index (κ1) is 12.6. The second kappa shape index (κ2) is 5.27. The summed E-state index contributed by atoms with van der Waals surface area (Å²) in [6.07, 6.45) is 3.99. The largest absolute Gasteiger partial charge is 0.288 e. The van der Waals surface area contributed by atoms with Gasteiger partial charge in [0.2, 0.25) is 5.91 Å². The van der Waals surface area contributed by atoms with Crippen LogP contribution in [0.2, 0.25) is 0 Å². The highest BCUT2D eigenvalue weighted by Crippen LogP contribution is 2.31. The summed E-state index contributed by atoms with van der Waals surface area (Å²) in [4.78, 5) is 22.2. The van der Waals surface area contributed by atoms with Crippen molar-refractivity contribution < 1.29 is 4.79 Å². The Morgan fingerprint density at radius 2 is 2.21 bits per heavy atom. The fraction of sp³-hybridized carbons (Fsp3) is 0.308. The number of anilines is 1. The number of thiazole rings is 1. The molecular weight excluding hydrogens is 282 g/mol. The molecule has 98 valence electrons. The minimum absolute atomic E-state index is 0.112. The lowest BCUT2D eigenvalue weighted by Crippen LogP contribution is -2.24. The lowest BCUT2D eigenvalue weighted by molar-refractivity contribution is -0.117. The van der Waals surface area contributed by atoms with E-state index in [4.69, 9.17) is 11.6 Å². The van der Waals surface area contributed by atoms with Gasteiger partial charge < -0.3 is 0 Å². The Balaban J connectivity index is 1.84. The van der Waals surface area contributed by atoms with Crippen LogP contribution in [0.4, 0.5) is 5.13 Å². The van der Waals surface area contributed by atoms with Gasteiger partial charge in [-0.05, 0) is 18.1 Å². The zero-order valence-electron chi connectivity index (χ0n) is 10.1. The highest BCUT2D eigenvalue weighted by atomic mass is 35.5. The van der Waals surface area contributed by atoms with Gasteiger partial charge in [-0.2, -0.15) is 0 Å². The van der Waals surface area contributed by atoms with Gasteiger partial charge in [-0.1, -0.05) is 0 Å². The van der Waals surface area contributed by atoms with Gasteiger partial charge in [-0.25, -0.2) is 4.98 Å². The van der Waals surface area contributed by atoms with Crippen molar-refractivity contribution in [3.8, 4) is 11.3 Å². The Bertz CT molecular complexity index is 587. The predicted molar refractivity (Wildman–Crippen MR) is 76.5 cm³/mol. The predicted octanol–water partition coefficient (Wildman–Crippen LogP) is 2.80. The van der Waals surface area contributed by atoms with Crippen molar-refractivity contribution in [2.45, 2.75) is 6.42 Å². The van der Waals surface area contributed by atoms with Crippen LogP contribution in [0.1, 0.15) is 6.42 Å². The summed E-state index contributed by atoms with van der Waals surface area (Å²) in [7, 11) is 0. The van der Waals surface area contributed by atoms with E-state index >= 15 is 0 Å². The summed E-state index contributed by atoms with van der Waals surface area (Å²) >= 11 is 7.31. The molecular formula is C13H12ClN3OS. The van der Waals surface area contributed by atoms with E-state index in [2.05, 4.69) is 9.97 Å². The van der Waals surface area contributed by atoms with Gasteiger partial charge in [0, 0.05) is 42.2 Å². The van der Waals surface area contributed by atoms with Crippen molar-refractivity contribution >= 4 is 34.0 Å². The van der Waals surface area contributed by atoms with E-state index in [1.54, 1.807) is 17.3 Å². The van der Waals surface area contributed by atoms with E-state index in [1.807, 2.05) is 17.5 Å². The summed E-state index contributed by atoms with van der Waals surface area (Å²) in [5.74, 6) is 0.869. The number of hydrogen-bond acceptors (Lipinski definition) is 4. The molecule has 2 aromatic heterocycles. The second-order valence-corrected chi connectivity index (χ2v) is 5.63. The smallest absolute Gasteiger partial charge is 0.229 e. The fourth-order valence-corrected chi connectivity index (χ4v) is 3.18. The molecule has 6 heteroatoms. The van der Waals surface area contributed by atoms with Crippen molar-refractivity contribution in [1.82, 2.24) is 9.97 Å². The average Bonchev–Trinajstić information content (AvgIpc) is 3.06. The number of carbonyl (C=O) groups is 1. The molecule has 1 atom stereocenters. The van der Waals surface area contributed by atoms with Crippen LogP contribution < -0.4 is 4.90 Å². The van der Waals surface area contributed by atoms with E-state index in [-0.39, 0.29) is 11.8 Å². The molecule has 0 saturated carbocycles. The lowest BCUT2D eigenvalue weighted by Gasteiger charge is -2.11. The minimum Gasteiger partial charge on any atom is -0.288 e. The SMILES string of the molecule is O=C1CC(CCl)CN1c1nc(-c2ccncc2)cs1. The molecule has 0 spiro atoms. The number of pyridine rings is 1. The zero-order chi connectivity index (χ0) is 13.2. The van der Waals surface area contributed by atoms with Gasteiger partial charge in [0.15, 0.2) is 5.13 Å². The number of hydrogen-bond donors (Lipinski definition) is 0. The maximum atomic E-state index is 11.9. The number of halogens is 1. The molecule has 1 amide bonds. The maximum Gasteiger partial charge on any atom is 0.229 e. The third kappa shape index (κ3) is 2.48. The fourth-order valence-electron chi connectivity index (χ4n) is 2.11. The normalized spacial score (nSPS) is 19.1. The van der Waals surface area contributed by atoms with Crippen molar-refractivity contribution in [2.24, 2.45) is 5.92 Å². The lowest BCUT2D eigenvalue weighted by atomic mass is 10.2. The molecule has 4 nitrogen and oxygen atoms in total. The third-order valence-corrected chi connectivity index (χ3v) is 4.42. The van der Waals surface area contributed by atoms with Gasteiger partial charge in [0.25, 0.3) is 0 Å². The maximum absolute atomic E-state index is 11.9. The number of nitrogens with zero attached hydrogens (tertiary/aromatic N) is 3. The van der Waals surface area contributed by atoms with E-state index in [0.717, 1.165) is 16.4 Å². The number of aromatic nitrogens is 2. The van der Waals surface area contributed by atoms with E-state index in [1.165, 1.54) is 11.3 Å². The molecule has 3 rings (SSSR count). The number of carbonyl (C=O) groups excluding carboxylic acids is 1. The number of alkyl halides is 1. The highest BCUT2D eigenvalue weighted by molar-refractivity contribution is 7.14. The van der Waals surface area contributed by atoms with Crippen LogP contribution in [-0.2, 0) is 4.79 Å². The summed E-state index contributed by atoms with van der Waals surface area (Å²) in [6, 6.07) is 3.82. The first-order valence-corrected chi connectivity index (χ1v) is 7.41. The molecule has 1 saturated heterocycles. The van der Waals surface area contributed by atoms with Gasteiger partial charge in [-0.3, -0.25) is 14.7 Å². The van der Waals surface area contributed by atoms with Crippen LogP contribution in [0.3, 0.4) is 0 Å². The molecule has 0 bridgehead atoms. The topological polar surface area (TPSA) is 46.1 Å². The third-order valence-electron chi connectivity index (χ3n) is 3.12. The standard InChI is InChI=1S/C13H12ClN3OS/c14-6-9-5-12(18)17(7-9)13-16-11(8-19-13)10-1-3-15-4-2-10/h1-4,8-9H,5-7H2. The summed E-state index contributed by atoms with van der Waals surface area (Å²) < 4.78 is 0. The van der Waals surface area contributed by atoms with Gasteiger partial charge in [-0.15, -0.1) is 22.9 Å². The summed E-state index contributed by atoms with van der Waals surface area (Å²) in [6.45, 7) is 0.672. The quantitative estimate of drug-likeness (QED) is 0.818. The Morgan fingerprint density at radius 3 is 2.89 bits per heavy atom. The van der Waals surface area contributed by atoms with Gasteiger partial charge in [0.05, 0.1) is 5.69 Å². The van der Waals surface area contributed by atoms with Crippen LogP contribution in [-0.4, -0.2) is 28.3 Å². The molecule has 2 aromatic rings. The number of amides is 1. The Labute approximate surface area is 120 Å². The van der Waals surface area contributed by atoms with Crippen LogP contribution in [0.15, 0.2) is 29.9 Å². The molecule has 0 aliphatic carbocycles. The number of rotatable bonds is 3. The first-order valence-electron chi connectivity index (χ1n) is 6.00. The van der Waals surface area contributed by atoms with Crippen molar-refractivity contribution in [3.63, 3.8) is 0 Å². The van der Waals surface area contributed by atoms with Crippen LogP contribution in [0, 0.1) is 5.92 Å². The second-order valence-electron chi connectivity index (χ2n) is 4.48.